The van der Waals surface area contributed by atoms with Crippen LogP contribution in [0.5, 0.6) is 5.75 Å². The molecule has 21 heavy (non-hydrogen) atoms. The van der Waals surface area contributed by atoms with E-state index in [1.165, 1.54) is 6.92 Å². The molecule has 7 nitrogen and oxygen atoms in total. The predicted octanol–water partition coefficient (Wildman–Crippen LogP) is 1.29. The molecule has 0 aromatic heterocycles. The molecule has 0 heterocycles. The molecule has 0 radical (unpaired) electrons. The average Bonchev–Trinajstić information content (AvgIpc) is 2.41. The Balaban J connectivity index is 2.88. The van der Waals surface area contributed by atoms with Crippen molar-refractivity contribution in [2.75, 3.05) is 23.8 Å². The first-order valence-corrected chi connectivity index (χ1v) is 6.65. The van der Waals surface area contributed by atoms with Gasteiger partial charge in [-0.3, -0.25) is 9.59 Å². The zero-order valence-corrected chi connectivity index (χ0v) is 12.0. The van der Waals surface area contributed by atoms with E-state index < -0.39 is 18.0 Å². The summed E-state index contributed by atoms with van der Waals surface area (Å²) in [5, 5.41) is 23.4. The van der Waals surface area contributed by atoms with Gasteiger partial charge in [0.1, 0.15) is 11.9 Å². The summed E-state index contributed by atoms with van der Waals surface area (Å²) < 4.78 is 5.36. The van der Waals surface area contributed by atoms with Crippen molar-refractivity contribution >= 4 is 23.3 Å². The van der Waals surface area contributed by atoms with Gasteiger partial charge in [-0.15, -0.1) is 0 Å². The molecule has 1 unspecified atom stereocenters. The third-order valence-electron chi connectivity index (χ3n) is 2.59. The summed E-state index contributed by atoms with van der Waals surface area (Å²) in [7, 11) is 0. The number of benzene rings is 1. The maximum absolute atomic E-state index is 11.5. The third kappa shape index (κ3) is 5.70. The van der Waals surface area contributed by atoms with Crippen molar-refractivity contribution in [3.05, 3.63) is 18.2 Å². The zero-order chi connectivity index (χ0) is 15.8. The van der Waals surface area contributed by atoms with Gasteiger partial charge in [-0.2, -0.15) is 0 Å². The van der Waals surface area contributed by atoms with Crippen LogP contribution in [0, 0.1) is 0 Å². The number of aliphatic hydroxyl groups excluding tert-OH is 1. The number of carbonyl (C=O) groups excluding carboxylic acids is 1. The highest BCUT2D eigenvalue weighted by Gasteiger charge is 2.12. The van der Waals surface area contributed by atoms with Gasteiger partial charge in [0, 0.05) is 12.6 Å². The van der Waals surface area contributed by atoms with E-state index in [2.05, 4.69) is 10.6 Å². The Labute approximate surface area is 122 Å². The van der Waals surface area contributed by atoms with E-state index in [0.29, 0.717) is 23.7 Å². The molecule has 1 aromatic carbocycles. The summed E-state index contributed by atoms with van der Waals surface area (Å²) in [6.45, 7) is 3.92. The van der Waals surface area contributed by atoms with Crippen LogP contribution in [0.4, 0.5) is 11.4 Å². The number of ether oxygens (including phenoxy) is 1. The number of rotatable bonds is 8. The number of amides is 1. The molecular weight excluding hydrogens is 276 g/mol. The van der Waals surface area contributed by atoms with E-state index in [-0.39, 0.29) is 13.0 Å². The van der Waals surface area contributed by atoms with Crippen LogP contribution < -0.4 is 15.4 Å². The van der Waals surface area contributed by atoms with E-state index in [0.717, 1.165) is 0 Å². The molecule has 1 aromatic rings. The van der Waals surface area contributed by atoms with Gasteiger partial charge in [-0.25, -0.2) is 0 Å². The molecule has 0 aliphatic heterocycles. The van der Waals surface area contributed by atoms with Crippen molar-refractivity contribution in [3.63, 3.8) is 0 Å². The fourth-order valence-corrected chi connectivity index (χ4v) is 1.58. The van der Waals surface area contributed by atoms with Gasteiger partial charge in [0.2, 0.25) is 0 Å². The molecule has 0 spiro atoms. The molecule has 0 fully saturated rings. The summed E-state index contributed by atoms with van der Waals surface area (Å²) in [6.07, 6.45) is -1.19. The molecule has 116 valence electrons. The number of carbonyl (C=O) groups is 2. The summed E-state index contributed by atoms with van der Waals surface area (Å²) in [5.41, 5.74) is 0.992. The lowest BCUT2D eigenvalue weighted by molar-refractivity contribution is -0.136. The molecule has 0 bridgehead atoms. The molecule has 1 atom stereocenters. The number of aliphatic hydroxyl groups is 1. The van der Waals surface area contributed by atoms with Crippen LogP contribution in [0.25, 0.3) is 0 Å². The Bertz CT molecular complexity index is 502. The van der Waals surface area contributed by atoms with Gasteiger partial charge in [0.05, 0.1) is 24.4 Å². The van der Waals surface area contributed by atoms with Gasteiger partial charge in [0.25, 0.3) is 5.91 Å². The highest BCUT2D eigenvalue weighted by Crippen LogP contribution is 2.27. The molecule has 0 saturated heterocycles. The lowest BCUT2D eigenvalue weighted by Gasteiger charge is -2.15. The summed E-state index contributed by atoms with van der Waals surface area (Å²) in [5.74, 6) is -0.858. The summed E-state index contributed by atoms with van der Waals surface area (Å²) in [4.78, 5) is 22.1. The number of hydrogen-bond acceptors (Lipinski definition) is 5. The third-order valence-corrected chi connectivity index (χ3v) is 2.59. The van der Waals surface area contributed by atoms with Crippen molar-refractivity contribution in [2.45, 2.75) is 26.4 Å². The first-order valence-electron chi connectivity index (χ1n) is 6.65. The van der Waals surface area contributed by atoms with Gasteiger partial charge in [0.15, 0.2) is 0 Å². The Morgan fingerprint density at radius 3 is 2.62 bits per heavy atom. The minimum Gasteiger partial charge on any atom is -0.494 e. The fraction of sp³-hybridized carbons (Fsp3) is 0.429. The maximum Gasteiger partial charge on any atom is 0.305 e. The van der Waals surface area contributed by atoms with Gasteiger partial charge >= 0.3 is 5.97 Å². The minimum absolute atomic E-state index is 0.0529. The van der Waals surface area contributed by atoms with E-state index in [1.807, 2.05) is 6.92 Å². The molecule has 4 N–H and O–H groups in total. The number of carboxylic acids is 1. The molecule has 7 heteroatoms. The SMILES string of the molecule is CCOc1ccc(NC(=O)C(C)O)c(NCCC(=O)O)c1. The highest BCUT2D eigenvalue weighted by molar-refractivity contribution is 5.96. The second kappa shape index (κ2) is 8.11. The minimum atomic E-state index is -1.14. The van der Waals surface area contributed by atoms with Crippen LogP contribution in [-0.4, -0.2) is 41.3 Å². The first-order chi connectivity index (χ1) is 9.93. The molecular formula is C14H20N2O5. The molecule has 1 rings (SSSR count). The van der Waals surface area contributed by atoms with Crippen molar-refractivity contribution in [2.24, 2.45) is 0 Å². The van der Waals surface area contributed by atoms with Crippen LogP contribution in [0.3, 0.4) is 0 Å². The van der Waals surface area contributed by atoms with Crippen LogP contribution in [0.2, 0.25) is 0 Å². The standard InChI is InChI=1S/C14H20N2O5/c1-3-21-10-4-5-11(16-14(20)9(2)17)12(8-10)15-7-6-13(18)19/h4-5,8-9,15,17H,3,6-7H2,1-2H3,(H,16,20)(H,18,19). The Hall–Kier alpha value is -2.28. The number of nitrogens with one attached hydrogen (secondary N) is 2. The maximum atomic E-state index is 11.5. The zero-order valence-electron chi connectivity index (χ0n) is 12.0. The monoisotopic (exact) mass is 296 g/mol. The Morgan fingerprint density at radius 1 is 1.33 bits per heavy atom. The second-order valence-electron chi connectivity index (χ2n) is 4.38. The lowest BCUT2D eigenvalue weighted by Crippen LogP contribution is -2.25. The Kier molecular flexibility index (Phi) is 6.48. The van der Waals surface area contributed by atoms with E-state index in [1.54, 1.807) is 18.2 Å². The number of carboxylic acid groups (broad SMARTS) is 1. The van der Waals surface area contributed by atoms with E-state index in [9.17, 15) is 14.7 Å². The van der Waals surface area contributed by atoms with Crippen molar-refractivity contribution in [1.82, 2.24) is 0 Å². The number of anilines is 2. The first kappa shape index (κ1) is 16.8. The van der Waals surface area contributed by atoms with Crippen LogP contribution >= 0.6 is 0 Å². The van der Waals surface area contributed by atoms with Gasteiger partial charge in [-0.05, 0) is 26.0 Å². The van der Waals surface area contributed by atoms with Gasteiger partial charge < -0.3 is 25.6 Å². The fourth-order valence-electron chi connectivity index (χ4n) is 1.58. The number of aliphatic carboxylic acids is 1. The highest BCUT2D eigenvalue weighted by atomic mass is 16.5. The Morgan fingerprint density at radius 2 is 2.05 bits per heavy atom. The molecule has 0 aliphatic carbocycles. The normalized spacial score (nSPS) is 11.6. The smallest absolute Gasteiger partial charge is 0.305 e. The topological polar surface area (TPSA) is 108 Å². The van der Waals surface area contributed by atoms with Crippen molar-refractivity contribution < 1.29 is 24.5 Å². The summed E-state index contributed by atoms with van der Waals surface area (Å²) in [6, 6.07) is 4.99. The lowest BCUT2D eigenvalue weighted by atomic mass is 10.2. The van der Waals surface area contributed by atoms with Crippen LogP contribution in [0.15, 0.2) is 18.2 Å². The second-order valence-corrected chi connectivity index (χ2v) is 4.38. The van der Waals surface area contributed by atoms with Crippen LogP contribution in [0.1, 0.15) is 20.3 Å². The predicted molar refractivity (Wildman–Crippen MR) is 78.7 cm³/mol. The molecule has 1 amide bonds. The largest absolute Gasteiger partial charge is 0.494 e. The van der Waals surface area contributed by atoms with E-state index >= 15 is 0 Å². The van der Waals surface area contributed by atoms with Crippen molar-refractivity contribution in [1.29, 1.82) is 0 Å². The van der Waals surface area contributed by atoms with E-state index in [4.69, 9.17) is 9.84 Å². The van der Waals surface area contributed by atoms with Gasteiger partial charge in [-0.1, -0.05) is 0 Å². The quantitative estimate of drug-likeness (QED) is 0.576. The molecule has 0 aliphatic rings. The average molecular weight is 296 g/mol. The van der Waals surface area contributed by atoms with Crippen LogP contribution in [-0.2, 0) is 9.59 Å². The van der Waals surface area contributed by atoms with Crippen molar-refractivity contribution in [3.8, 4) is 5.75 Å². The summed E-state index contributed by atoms with van der Waals surface area (Å²) >= 11 is 0. The molecule has 0 saturated carbocycles. The number of hydrogen-bond donors (Lipinski definition) is 4.